The maximum Gasteiger partial charge on any atom is 0.339 e. The van der Waals surface area contributed by atoms with Gasteiger partial charge in [0.1, 0.15) is 0 Å². The topological polar surface area (TPSA) is 84.0 Å². The van der Waals surface area contributed by atoms with Gasteiger partial charge in [0.15, 0.2) is 0 Å². The number of hydrogen-bond donors (Lipinski definition) is 0. The summed E-state index contributed by atoms with van der Waals surface area (Å²) in [5.41, 5.74) is 1.13. The normalized spacial score (nSPS) is 12.5. The van der Waals surface area contributed by atoms with Crippen LogP contribution in [-0.2, 0) is 19.6 Å². The molecule has 30 heavy (non-hydrogen) atoms. The van der Waals surface area contributed by atoms with Gasteiger partial charge >= 0.3 is 5.97 Å². The van der Waals surface area contributed by atoms with Crippen LogP contribution >= 0.6 is 0 Å². The standard InChI is InChI=1S/C22H28N2O5S/c1-6-24(7-2)30(27,28)19-15-18(14-13-16(19)3)22(26)29-20(21(25)23(4)5)17-11-9-8-10-12-17/h8-15,20H,6-7H2,1-5H3/t20-/m1/s1. The molecule has 7 nitrogen and oxygen atoms in total. The Labute approximate surface area is 178 Å². The monoisotopic (exact) mass is 432 g/mol. The molecule has 1 amide bonds. The lowest BCUT2D eigenvalue weighted by atomic mass is 10.1. The highest BCUT2D eigenvalue weighted by Crippen LogP contribution is 2.25. The zero-order chi connectivity index (χ0) is 22.5. The third-order valence-corrected chi connectivity index (χ3v) is 6.93. The van der Waals surface area contributed by atoms with Crippen molar-refractivity contribution in [3.8, 4) is 0 Å². The highest BCUT2D eigenvalue weighted by molar-refractivity contribution is 7.89. The predicted octanol–water partition coefficient (Wildman–Crippen LogP) is 3.01. The van der Waals surface area contributed by atoms with Crippen molar-refractivity contribution < 1.29 is 22.7 Å². The van der Waals surface area contributed by atoms with Crippen LogP contribution < -0.4 is 0 Å². The highest BCUT2D eigenvalue weighted by atomic mass is 32.2. The second-order valence-electron chi connectivity index (χ2n) is 7.00. The summed E-state index contributed by atoms with van der Waals surface area (Å²) >= 11 is 0. The maximum absolute atomic E-state index is 12.9. The van der Waals surface area contributed by atoms with Gasteiger partial charge in [0.05, 0.1) is 10.5 Å². The summed E-state index contributed by atoms with van der Waals surface area (Å²) in [5, 5.41) is 0. The molecule has 162 valence electrons. The first kappa shape index (κ1) is 23.6. The number of rotatable bonds is 8. The molecule has 8 heteroatoms. The Morgan fingerprint density at radius 3 is 2.13 bits per heavy atom. The van der Waals surface area contributed by atoms with E-state index < -0.39 is 28.0 Å². The Kier molecular flexibility index (Phi) is 7.75. The van der Waals surface area contributed by atoms with Gasteiger partial charge in [-0.15, -0.1) is 0 Å². The van der Waals surface area contributed by atoms with Gasteiger partial charge < -0.3 is 9.64 Å². The van der Waals surface area contributed by atoms with Crippen LogP contribution in [0.4, 0.5) is 0 Å². The van der Waals surface area contributed by atoms with Gasteiger partial charge in [-0.3, -0.25) is 4.79 Å². The van der Waals surface area contributed by atoms with E-state index in [0.717, 1.165) is 0 Å². The van der Waals surface area contributed by atoms with Crippen molar-refractivity contribution in [2.45, 2.75) is 31.8 Å². The third kappa shape index (κ3) is 5.06. The van der Waals surface area contributed by atoms with Gasteiger partial charge in [0.25, 0.3) is 5.91 Å². The van der Waals surface area contributed by atoms with E-state index in [1.54, 1.807) is 71.3 Å². The predicted molar refractivity (Wildman–Crippen MR) is 115 cm³/mol. The first-order valence-electron chi connectivity index (χ1n) is 9.71. The van der Waals surface area contributed by atoms with E-state index in [-0.39, 0.29) is 10.5 Å². The van der Waals surface area contributed by atoms with E-state index >= 15 is 0 Å². The van der Waals surface area contributed by atoms with Gasteiger partial charge in [-0.2, -0.15) is 4.31 Å². The average molecular weight is 433 g/mol. The molecular formula is C22H28N2O5S. The van der Waals surface area contributed by atoms with Crippen LogP contribution in [-0.4, -0.2) is 56.7 Å². The SMILES string of the molecule is CCN(CC)S(=O)(=O)c1cc(C(=O)O[C@@H](C(=O)N(C)C)c2ccccc2)ccc1C. The molecule has 0 spiro atoms. The smallest absolute Gasteiger partial charge is 0.339 e. The molecule has 0 aromatic heterocycles. The van der Waals surface area contributed by atoms with Crippen molar-refractivity contribution in [2.75, 3.05) is 27.2 Å². The van der Waals surface area contributed by atoms with E-state index in [1.807, 2.05) is 0 Å². The van der Waals surface area contributed by atoms with Crippen LogP contribution in [0.5, 0.6) is 0 Å². The molecule has 0 N–H and O–H groups in total. The quantitative estimate of drug-likeness (QED) is 0.599. The number of ether oxygens (including phenoxy) is 1. The van der Waals surface area contributed by atoms with E-state index in [1.165, 1.54) is 21.3 Å². The second kappa shape index (κ2) is 9.86. The van der Waals surface area contributed by atoms with Gasteiger partial charge in [0, 0.05) is 32.7 Å². The van der Waals surface area contributed by atoms with E-state index in [4.69, 9.17) is 4.74 Å². The minimum atomic E-state index is -3.75. The number of likely N-dealkylation sites (N-methyl/N-ethyl adjacent to an activating group) is 1. The Morgan fingerprint density at radius 2 is 1.60 bits per heavy atom. The molecule has 0 aliphatic carbocycles. The summed E-state index contributed by atoms with van der Waals surface area (Å²) in [6.07, 6.45) is -1.13. The molecule has 0 aliphatic heterocycles. The van der Waals surface area contributed by atoms with Gasteiger partial charge in [0.2, 0.25) is 16.1 Å². The zero-order valence-electron chi connectivity index (χ0n) is 18.0. The molecular weight excluding hydrogens is 404 g/mol. The summed E-state index contributed by atoms with van der Waals surface area (Å²) in [7, 11) is -0.596. The van der Waals surface area contributed by atoms with Crippen LogP contribution in [0.15, 0.2) is 53.4 Å². The molecule has 0 aliphatic rings. The van der Waals surface area contributed by atoms with Gasteiger partial charge in [-0.05, 0) is 24.6 Å². The number of nitrogens with zero attached hydrogens (tertiary/aromatic N) is 2. The van der Waals surface area contributed by atoms with Crippen LogP contribution in [0.1, 0.15) is 41.4 Å². The number of carbonyl (C=O) groups excluding carboxylic acids is 2. The van der Waals surface area contributed by atoms with Crippen LogP contribution in [0.25, 0.3) is 0 Å². The molecule has 0 saturated carbocycles. The van der Waals surface area contributed by atoms with Crippen LogP contribution in [0.2, 0.25) is 0 Å². The Hall–Kier alpha value is -2.71. The highest BCUT2D eigenvalue weighted by Gasteiger charge is 2.29. The number of esters is 1. The number of carbonyl (C=O) groups is 2. The van der Waals surface area contributed by atoms with Crippen molar-refractivity contribution in [3.05, 3.63) is 65.2 Å². The lowest BCUT2D eigenvalue weighted by Crippen LogP contribution is -2.32. The molecule has 0 fully saturated rings. The Morgan fingerprint density at radius 1 is 1.00 bits per heavy atom. The van der Waals surface area contributed by atoms with Crippen molar-refractivity contribution in [1.29, 1.82) is 0 Å². The fourth-order valence-electron chi connectivity index (χ4n) is 3.01. The summed E-state index contributed by atoms with van der Waals surface area (Å²) in [4.78, 5) is 26.9. The molecule has 2 rings (SSSR count). The van der Waals surface area contributed by atoms with Crippen molar-refractivity contribution in [3.63, 3.8) is 0 Å². The molecule has 0 bridgehead atoms. The van der Waals surface area contributed by atoms with E-state index in [2.05, 4.69) is 0 Å². The summed E-state index contributed by atoms with van der Waals surface area (Å²) in [6.45, 7) is 5.83. The van der Waals surface area contributed by atoms with Crippen LogP contribution in [0, 0.1) is 6.92 Å². The lowest BCUT2D eigenvalue weighted by molar-refractivity contribution is -0.138. The average Bonchev–Trinajstić information content (AvgIpc) is 2.72. The van der Waals surface area contributed by atoms with Crippen LogP contribution in [0.3, 0.4) is 0 Å². The Balaban J connectivity index is 2.42. The molecule has 1 atom stereocenters. The Bertz CT molecular complexity index is 999. The largest absolute Gasteiger partial charge is 0.444 e. The molecule has 0 radical (unpaired) electrons. The van der Waals surface area contributed by atoms with Crippen molar-refractivity contribution in [1.82, 2.24) is 9.21 Å². The fraction of sp³-hybridized carbons (Fsp3) is 0.364. The first-order valence-corrected chi connectivity index (χ1v) is 11.1. The number of hydrogen-bond acceptors (Lipinski definition) is 5. The van der Waals surface area contributed by atoms with Crippen molar-refractivity contribution in [2.24, 2.45) is 0 Å². The summed E-state index contributed by atoms with van der Waals surface area (Å²) in [5.74, 6) is -1.16. The summed E-state index contributed by atoms with van der Waals surface area (Å²) < 4.78 is 32.7. The zero-order valence-corrected chi connectivity index (χ0v) is 18.8. The summed E-state index contributed by atoms with van der Waals surface area (Å²) in [6, 6.07) is 13.1. The third-order valence-electron chi connectivity index (χ3n) is 4.74. The maximum atomic E-state index is 12.9. The number of benzene rings is 2. The van der Waals surface area contributed by atoms with Crippen molar-refractivity contribution >= 4 is 21.9 Å². The fourth-order valence-corrected chi connectivity index (χ4v) is 4.71. The van der Waals surface area contributed by atoms with Gasteiger partial charge in [-0.1, -0.05) is 50.2 Å². The number of sulfonamides is 1. The minimum Gasteiger partial charge on any atom is -0.444 e. The number of amides is 1. The molecule has 0 heterocycles. The molecule has 2 aromatic rings. The van der Waals surface area contributed by atoms with E-state index in [0.29, 0.717) is 24.2 Å². The van der Waals surface area contributed by atoms with Gasteiger partial charge in [-0.25, -0.2) is 13.2 Å². The molecule has 0 saturated heterocycles. The molecule has 0 unspecified atom stereocenters. The first-order chi connectivity index (χ1) is 14.1. The minimum absolute atomic E-state index is 0.0517. The second-order valence-corrected chi connectivity index (χ2v) is 8.90. The molecule has 2 aromatic carbocycles. The number of aryl methyl sites for hydroxylation is 1. The van der Waals surface area contributed by atoms with E-state index in [9.17, 15) is 18.0 Å². The lowest BCUT2D eigenvalue weighted by Gasteiger charge is -2.22.